The lowest BCUT2D eigenvalue weighted by Crippen LogP contribution is -2.38. The van der Waals surface area contributed by atoms with Crippen LogP contribution >= 0.6 is 11.6 Å². The number of benzene rings is 1. The van der Waals surface area contributed by atoms with Crippen molar-refractivity contribution in [3.05, 3.63) is 64.4 Å². The van der Waals surface area contributed by atoms with Crippen molar-refractivity contribution in [2.75, 3.05) is 32.8 Å². The van der Waals surface area contributed by atoms with Gasteiger partial charge in [-0.25, -0.2) is 0 Å². The van der Waals surface area contributed by atoms with Crippen LogP contribution in [-0.4, -0.2) is 64.4 Å². The molecule has 1 N–H and O–H groups in total. The highest BCUT2D eigenvalue weighted by Crippen LogP contribution is 2.40. The lowest BCUT2D eigenvalue weighted by atomic mass is 9.96. The number of hydrogen-bond acceptors (Lipinski definition) is 6. The number of ether oxygens (including phenoxy) is 1. The number of carbonyl (C=O) groups excluding carboxylic acids is 2. The number of Topliss-reactive ketones (excluding diaryl/α,β-unsaturated/α-hetero) is 1. The highest BCUT2D eigenvalue weighted by molar-refractivity contribution is 6.46. The number of pyridine rings is 1. The number of halogens is 1. The number of aliphatic hydroxyl groups excluding tert-OH is 1. The average Bonchev–Trinajstić information content (AvgIpc) is 3.06. The largest absolute Gasteiger partial charge is 0.507 e. The Morgan fingerprint density at radius 2 is 1.84 bits per heavy atom. The van der Waals surface area contributed by atoms with Crippen molar-refractivity contribution < 1.29 is 19.4 Å². The first-order chi connectivity index (χ1) is 15.4. The molecule has 0 bridgehead atoms. The lowest BCUT2D eigenvalue weighted by Gasteiger charge is -2.28. The Labute approximate surface area is 193 Å². The van der Waals surface area contributed by atoms with Crippen LogP contribution in [0.1, 0.15) is 37.9 Å². The third kappa shape index (κ3) is 4.79. The normalized spacial score (nSPS) is 17.9. The van der Waals surface area contributed by atoms with Crippen molar-refractivity contribution in [3.8, 4) is 5.75 Å². The van der Waals surface area contributed by atoms with Crippen molar-refractivity contribution in [1.29, 1.82) is 0 Å². The Bertz CT molecular complexity index is 1010. The SMILES string of the molecule is CCOc1ccc(C(O)=C2C(=O)C(=O)N(CCN(CC)CC)C2c2ccncc2)cc1Cl. The second-order valence-electron chi connectivity index (χ2n) is 7.38. The van der Waals surface area contributed by atoms with E-state index < -0.39 is 17.7 Å². The van der Waals surface area contributed by atoms with Gasteiger partial charge in [0.2, 0.25) is 0 Å². The molecule has 1 fully saturated rings. The first-order valence-corrected chi connectivity index (χ1v) is 11.1. The van der Waals surface area contributed by atoms with Gasteiger partial charge in [0.1, 0.15) is 11.5 Å². The second kappa shape index (κ2) is 10.6. The third-order valence-electron chi connectivity index (χ3n) is 5.62. The molecular weight excluding hydrogens is 430 g/mol. The first kappa shape index (κ1) is 23.8. The topological polar surface area (TPSA) is 83.0 Å². The lowest BCUT2D eigenvalue weighted by molar-refractivity contribution is -0.140. The molecule has 2 aromatic rings. The summed E-state index contributed by atoms with van der Waals surface area (Å²) in [5.41, 5.74) is 1.09. The minimum atomic E-state index is -0.714. The number of amides is 1. The predicted molar refractivity (Wildman–Crippen MR) is 124 cm³/mol. The fourth-order valence-electron chi connectivity index (χ4n) is 3.87. The molecular formula is C24H28ClN3O4. The molecule has 3 rings (SSSR count). The molecule has 0 aliphatic carbocycles. The van der Waals surface area contributed by atoms with Gasteiger partial charge in [-0.1, -0.05) is 25.4 Å². The summed E-state index contributed by atoms with van der Waals surface area (Å²) in [6.07, 6.45) is 3.21. The fourth-order valence-corrected chi connectivity index (χ4v) is 4.10. The molecule has 1 aromatic heterocycles. The summed E-state index contributed by atoms with van der Waals surface area (Å²) in [5.74, 6) is -1.12. The van der Waals surface area contributed by atoms with Crippen LogP contribution in [0.25, 0.3) is 5.76 Å². The molecule has 1 saturated heterocycles. The summed E-state index contributed by atoms with van der Waals surface area (Å²) < 4.78 is 5.45. The maximum absolute atomic E-state index is 13.1. The summed E-state index contributed by atoms with van der Waals surface area (Å²) in [7, 11) is 0. The average molecular weight is 458 g/mol. The van der Waals surface area contributed by atoms with Crippen LogP contribution in [0, 0.1) is 0 Å². The number of aliphatic hydroxyl groups is 1. The first-order valence-electron chi connectivity index (χ1n) is 10.8. The Kier molecular flexibility index (Phi) is 7.88. The van der Waals surface area contributed by atoms with E-state index in [0.29, 0.717) is 41.6 Å². The fraction of sp³-hybridized carbons (Fsp3) is 0.375. The standard InChI is InChI=1S/C24H28ClN3O4/c1-4-27(5-2)13-14-28-21(16-9-11-26-12-10-16)20(23(30)24(28)31)22(29)17-7-8-19(32-6-3)18(25)15-17/h7-12,15,21,29H,4-6,13-14H2,1-3H3. The maximum atomic E-state index is 13.1. The van der Waals surface area contributed by atoms with Gasteiger partial charge in [0, 0.05) is 31.0 Å². The molecule has 170 valence electrons. The molecule has 1 unspecified atom stereocenters. The number of ketones is 1. The van der Waals surface area contributed by atoms with Crippen LogP contribution in [-0.2, 0) is 9.59 Å². The van der Waals surface area contributed by atoms with E-state index in [-0.39, 0.29) is 11.3 Å². The van der Waals surface area contributed by atoms with E-state index in [1.807, 2.05) is 20.8 Å². The van der Waals surface area contributed by atoms with Crippen molar-refractivity contribution in [1.82, 2.24) is 14.8 Å². The minimum absolute atomic E-state index is 0.0426. The van der Waals surface area contributed by atoms with Crippen LogP contribution in [0.2, 0.25) is 5.02 Å². The Hall–Kier alpha value is -2.90. The molecule has 8 heteroatoms. The second-order valence-corrected chi connectivity index (χ2v) is 7.79. The van der Waals surface area contributed by atoms with E-state index in [0.717, 1.165) is 13.1 Å². The highest BCUT2D eigenvalue weighted by Gasteiger charge is 2.46. The Morgan fingerprint density at radius 3 is 2.44 bits per heavy atom. The van der Waals surface area contributed by atoms with Gasteiger partial charge in [0.05, 0.1) is 23.2 Å². The van der Waals surface area contributed by atoms with Gasteiger partial charge in [-0.05, 0) is 55.9 Å². The van der Waals surface area contributed by atoms with Gasteiger partial charge in [-0.15, -0.1) is 0 Å². The van der Waals surface area contributed by atoms with Gasteiger partial charge in [-0.3, -0.25) is 14.6 Å². The number of nitrogens with zero attached hydrogens (tertiary/aromatic N) is 3. The molecule has 0 radical (unpaired) electrons. The summed E-state index contributed by atoms with van der Waals surface area (Å²) in [4.78, 5) is 33.8. The number of hydrogen-bond donors (Lipinski definition) is 1. The zero-order valence-corrected chi connectivity index (χ0v) is 19.3. The van der Waals surface area contributed by atoms with Gasteiger partial charge < -0.3 is 19.6 Å². The Morgan fingerprint density at radius 1 is 1.16 bits per heavy atom. The van der Waals surface area contributed by atoms with Gasteiger partial charge in [0.25, 0.3) is 11.7 Å². The van der Waals surface area contributed by atoms with E-state index in [9.17, 15) is 14.7 Å². The molecule has 1 aromatic carbocycles. The number of rotatable bonds is 9. The highest BCUT2D eigenvalue weighted by atomic mass is 35.5. The van der Waals surface area contributed by atoms with Crippen LogP contribution < -0.4 is 4.74 Å². The predicted octanol–water partition coefficient (Wildman–Crippen LogP) is 3.90. The summed E-state index contributed by atoms with van der Waals surface area (Å²) in [6.45, 7) is 9.05. The molecule has 7 nitrogen and oxygen atoms in total. The van der Waals surface area contributed by atoms with E-state index in [4.69, 9.17) is 16.3 Å². The third-order valence-corrected chi connectivity index (χ3v) is 5.91. The van der Waals surface area contributed by atoms with Crippen molar-refractivity contribution >= 4 is 29.1 Å². The van der Waals surface area contributed by atoms with E-state index >= 15 is 0 Å². The molecule has 32 heavy (non-hydrogen) atoms. The smallest absolute Gasteiger partial charge is 0.295 e. The summed E-state index contributed by atoms with van der Waals surface area (Å²) in [6, 6.07) is 7.59. The molecule has 1 aliphatic heterocycles. The minimum Gasteiger partial charge on any atom is -0.507 e. The van der Waals surface area contributed by atoms with Crippen LogP contribution in [0.15, 0.2) is 48.3 Å². The monoisotopic (exact) mass is 457 g/mol. The number of carbonyl (C=O) groups is 2. The van der Waals surface area contributed by atoms with Crippen LogP contribution in [0.3, 0.4) is 0 Å². The number of likely N-dealkylation sites (N-methyl/N-ethyl adjacent to an activating group) is 1. The van der Waals surface area contributed by atoms with Crippen molar-refractivity contribution in [2.45, 2.75) is 26.8 Å². The molecule has 0 spiro atoms. The molecule has 0 saturated carbocycles. The number of likely N-dealkylation sites (tertiary alicyclic amines) is 1. The van der Waals surface area contributed by atoms with Crippen LogP contribution in [0.5, 0.6) is 5.75 Å². The van der Waals surface area contributed by atoms with E-state index in [1.165, 1.54) is 11.0 Å². The quantitative estimate of drug-likeness (QED) is 0.349. The zero-order valence-electron chi connectivity index (χ0n) is 18.5. The molecule has 1 atom stereocenters. The number of aromatic nitrogens is 1. The Balaban J connectivity index is 2.07. The van der Waals surface area contributed by atoms with Crippen LogP contribution in [0.4, 0.5) is 0 Å². The van der Waals surface area contributed by atoms with Gasteiger partial charge >= 0.3 is 0 Å². The van der Waals surface area contributed by atoms with Crippen molar-refractivity contribution in [2.24, 2.45) is 0 Å². The molecule has 2 heterocycles. The zero-order chi connectivity index (χ0) is 23.3. The van der Waals surface area contributed by atoms with Crippen molar-refractivity contribution in [3.63, 3.8) is 0 Å². The van der Waals surface area contributed by atoms with Gasteiger partial charge in [0.15, 0.2) is 0 Å². The summed E-state index contributed by atoms with van der Waals surface area (Å²) in [5, 5.41) is 11.4. The maximum Gasteiger partial charge on any atom is 0.295 e. The van der Waals surface area contributed by atoms with E-state index in [2.05, 4.69) is 9.88 Å². The molecule has 1 aliphatic rings. The van der Waals surface area contributed by atoms with E-state index in [1.54, 1.807) is 36.7 Å². The molecule has 1 amide bonds. The summed E-state index contributed by atoms with van der Waals surface area (Å²) >= 11 is 6.29. The van der Waals surface area contributed by atoms with Gasteiger partial charge in [-0.2, -0.15) is 0 Å².